The van der Waals surface area contributed by atoms with E-state index in [0.717, 1.165) is 123 Å². The van der Waals surface area contributed by atoms with Crippen LogP contribution in [0.3, 0.4) is 0 Å². The van der Waals surface area contributed by atoms with Crippen LogP contribution in [0.2, 0.25) is 18.1 Å². The van der Waals surface area contributed by atoms with E-state index in [4.69, 9.17) is 39.8 Å². The number of carbonyl (C=O) groups excluding carboxylic acids is 2. The predicted molar refractivity (Wildman–Crippen MR) is 351 cm³/mol. The number of carbonyl (C=O) groups is 2. The number of thioether (sulfide) groups is 6. The molecule has 0 bridgehead atoms. The van der Waals surface area contributed by atoms with Gasteiger partial charge >= 0.3 is 26.4 Å². The van der Waals surface area contributed by atoms with Crippen molar-refractivity contribution in [2.75, 3.05) is 133 Å². The van der Waals surface area contributed by atoms with Crippen molar-refractivity contribution in [1.29, 1.82) is 0 Å². The quantitative estimate of drug-likeness (QED) is 0.0326. The first kappa shape index (κ1) is 78.7. The van der Waals surface area contributed by atoms with Crippen LogP contribution in [-0.4, -0.2) is 171 Å². The summed E-state index contributed by atoms with van der Waals surface area (Å²) in [6, 6.07) is 2.41. The third-order valence-electron chi connectivity index (χ3n) is 15.3. The minimum atomic E-state index is -2.59. The maximum absolute atomic E-state index is 14.2. The molecule has 460 valence electrons. The summed E-state index contributed by atoms with van der Waals surface area (Å²) in [4.78, 5) is 28.3. The average Bonchev–Trinajstić information content (AvgIpc) is 3.45. The maximum atomic E-state index is 14.2. The van der Waals surface area contributed by atoms with Crippen LogP contribution < -0.4 is 0 Å². The molecule has 0 aromatic rings. The van der Waals surface area contributed by atoms with Crippen molar-refractivity contribution in [3.63, 3.8) is 0 Å². The minimum absolute atomic E-state index is 0.0353. The molecule has 20 heteroatoms. The Bertz CT molecular complexity index is 1210. The standard InChI is InChI=1S/C57H118O11S6Si3/c1-13-16-38-69-41-19-30-56(31-20-42-70-39-17-14-2,32-21-43-71-40-18-15-3)36-28-54(58)53-55(59)29-37-57(33-22-44-72-47-25-50-75(60-4,61-5)62-6,34-23-45-73-48-26-51-76(63-7,64-8)65-9)35-24-46-74-49-27-52-77(66-10,67-11)68-12/h13-53H2,1-12H3. The van der Waals surface area contributed by atoms with Crippen LogP contribution >= 0.6 is 70.6 Å². The van der Waals surface area contributed by atoms with Crippen molar-refractivity contribution in [3.8, 4) is 0 Å². The highest BCUT2D eigenvalue weighted by Crippen LogP contribution is 2.43. The second kappa shape index (κ2) is 52.1. The summed E-state index contributed by atoms with van der Waals surface area (Å²) in [5.74, 6) is 14.0. The Morgan fingerprint density at radius 1 is 0.299 bits per heavy atom. The lowest BCUT2D eigenvalue weighted by molar-refractivity contribution is -0.127. The molecule has 0 unspecified atom stereocenters. The van der Waals surface area contributed by atoms with Gasteiger partial charge in [-0.2, -0.15) is 70.6 Å². The predicted octanol–water partition coefficient (Wildman–Crippen LogP) is 16.3. The Balaban J connectivity index is 6.36. The fourth-order valence-electron chi connectivity index (χ4n) is 10.2. The van der Waals surface area contributed by atoms with Crippen molar-refractivity contribution in [1.82, 2.24) is 0 Å². The Morgan fingerprint density at radius 2 is 0.494 bits per heavy atom. The SMILES string of the molecule is CCCCSCCCC(CCCSCCCC)(CCCSCCCC)CCC(=O)CC(=O)CCC(CCCSCCC[Si](OC)(OC)OC)(CCCSCCC[Si](OC)(OC)OC)CCCSCCC[Si](OC)(OC)OC. The van der Waals surface area contributed by atoms with E-state index in [1.165, 1.54) is 112 Å². The Kier molecular flexibility index (Phi) is 53.3. The molecule has 0 rings (SSSR count). The second-order valence-electron chi connectivity index (χ2n) is 20.8. The van der Waals surface area contributed by atoms with Gasteiger partial charge in [-0.05, 0) is 208 Å². The monoisotopic (exact) mass is 1250 g/mol. The fraction of sp³-hybridized carbons (Fsp3) is 0.965. The average molecular weight is 1260 g/mol. The van der Waals surface area contributed by atoms with Crippen LogP contribution in [0.1, 0.15) is 188 Å². The van der Waals surface area contributed by atoms with Gasteiger partial charge < -0.3 is 39.8 Å². The molecule has 77 heavy (non-hydrogen) atoms. The lowest BCUT2D eigenvalue weighted by Crippen LogP contribution is -2.42. The highest BCUT2D eigenvalue weighted by Gasteiger charge is 2.39. The molecule has 0 aliphatic rings. The van der Waals surface area contributed by atoms with Gasteiger partial charge in [0.2, 0.25) is 0 Å². The normalized spacial score (nSPS) is 12.8. The first-order chi connectivity index (χ1) is 37.3. The van der Waals surface area contributed by atoms with E-state index in [9.17, 15) is 9.59 Å². The van der Waals surface area contributed by atoms with Gasteiger partial charge in [-0.15, -0.1) is 0 Å². The molecule has 0 amide bonds. The van der Waals surface area contributed by atoms with Gasteiger partial charge in [-0.1, -0.05) is 40.0 Å². The first-order valence-electron chi connectivity index (χ1n) is 29.8. The summed E-state index contributed by atoms with van der Waals surface area (Å²) in [7, 11) is 7.40. The third kappa shape index (κ3) is 38.4. The molecule has 0 atom stereocenters. The highest BCUT2D eigenvalue weighted by atomic mass is 32.2. The van der Waals surface area contributed by atoms with Crippen LogP contribution in [0.5, 0.6) is 0 Å². The first-order valence-corrected chi connectivity index (χ1v) is 42.5. The lowest BCUT2D eigenvalue weighted by Gasteiger charge is -2.35. The molecule has 0 aliphatic heterocycles. The van der Waals surface area contributed by atoms with Gasteiger partial charge in [0.05, 0.1) is 6.42 Å². The van der Waals surface area contributed by atoms with Crippen LogP contribution in [0.25, 0.3) is 0 Å². The van der Waals surface area contributed by atoms with Crippen LogP contribution in [-0.2, 0) is 49.4 Å². The lowest BCUT2D eigenvalue weighted by atomic mass is 9.71. The number of unbranched alkanes of at least 4 members (excludes halogenated alkanes) is 3. The number of hydrogen-bond acceptors (Lipinski definition) is 17. The van der Waals surface area contributed by atoms with Crippen LogP contribution in [0, 0.1) is 10.8 Å². The number of ketones is 2. The van der Waals surface area contributed by atoms with Crippen molar-refractivity contribution < 1.29 is 49.4 Å². The summed E-state index contributed by atoms with van der Waals surface area (Å²) >= 11 is 12.3. The number of rotatable bonds is 62. The molecule has 11 nitrogen and oxygen atoms in total. The van der Waals surface area contributed by atoms with Crippen molar-refractivity contribution in [3.05, 3.63) is 0 Å². The van der Waals surface area contributed by atoms with Gasteiger partial charge in [-0.3, -0.25) is 9.59 Å². The second-order valence-corrected chi connectivity index (χ2v) is 37.4. The number of hydrogen-bond donors (Lipinski definition) is 0. The zero-order valence-electron chi connectivity index (χ0n) is 51.4. The van der Waals surface area contributed by atoms with Gasteiger partial charge in [0, 0.05) is 95.0 Å². The molecule has 0 fully saturated rings. The summed E-state index contributed by atoms with van der Waals surface area (Å²) in [5, 5.41) is 0. The Hall–Kier alpha value is 1.73. The smallest absolute Gasteiger partial charge is 0.377 e. The van der Waals surface area contributed by atoms with Crippen molar-refractivity contribution in [2.24, 2.45) is 10.8 Å². The zero-order valence-corrected chi connectivity index (χ0v) is 59.3. The Morgan fingerprint density at radius 3 is 0.688 bits per heavy atom. The van der Waals surface area contributed by atoms with E-state index < -0.39 is 26.4 Å². The molecular weight excluding hydrogens is 1140 g/mol. The maximum Gasteiger partial charge on any atom is 0.500 e. The van der Waals surface area contributed by atoms with Gasteiger partial charge in [0.15, 0.2) is 0 Å². The molecule has 0 saturated heterocycles. The van der Waals surface area contributed by atoms with E-state index in [1.807, 2.05) is 35.3 Å². The van der Waals surface area contributed by atoms with Crippen molar-refractivity contribution >= 4 is 109 Å². The third-order valence-corrected chi connectivity index (χ3v) is 30.7. The van der Waals surface area contributed by atoms with Gasteiger partial charge in [0.25, 0.3) is 0 Å². The molecule has 0 N–H and O–H groups in total. The van der Waals surface area contributed by atoms with E-state index in [-0.39, 0.29) is 28.8 Å². The summed E-state index contributed by atoms with van der Waals surface area (Å²) in [6.45, 7) is 6.84. The molecule has 0 heterocycles. The number of Topliss-reactive ketones (excluding diaryl/α,β-unsaturated/α-hetero) is 2. The molecule has 0 aromatic heterocycles. The van der Waals surface area contributed by atoms with Crippen LogP contribution in [0.4, 0.5) is 0 Å². The van der Waals surface area contributed by atoms with E-state index in [1.54, 1.807) is 64.0 Å². The van der Waals surface area contributed by atoms with E-state index >= 15 is 0 Å². The van der Waals surface area contributed by atoms with Gasteiger partial charge in [-0.25, -0.2) is 0 Å². The van der Waals surface area contributed by atoms with E-state index in [0.29, 0.717) is 12.8 Å². The summed E-state index contributed by atoms with van der Waals surface area (Å²) < 4.78 is 51.2. The molecule has 0 spiro atoms. The summed E-state index contributed by atoms with van der Waals surface area (Å²) in [6.07, 6.45) is 27.2. The van der Waals surface area contributed by atoms with E-state index in [2.05, 4.69) is 56.1 Å². The minimum Gasteiger partial charge on any atom is -0.377 e. The fourth-order valence-corrected chi connectivity index (χ4v) is 22.0. The zero-order chi connectivity index (χ0) is 57.3. The molecule has 0 aromatic carbocycles. The van der Waals surface area contributed by atoms with Gasteiger partial charge in [0.1, 0.15) is 11.6 Å². The largest absolute Gasteiger partial charge is 0.500 e. The summed E-state index contributed by atoms with van der Waals surface area (Å²) in [5.41, 5.74) is 0.213. The highest BCUT2D eigenvalue weighted by molar-refractivity contribution is 8.00. The topological polar surface area (TPSA) is 117 Å². The van der Waals surface area contributed by atoms with Crippen molar-refractivity contribution in [2.45, 2.75) is 206 Å². The Labute approximate surface area is 504 Å². The molecule has 0 aliphatic carbocycles. The molecule has 0 saturated carbocycles. The van der Waals surface area contributed by atoms with Crippen LogP contribution in [0.15, 0.2) is 0 Å². The molecular formula is C57H118O11S6Si3. The molecule has 0 radical (unpaired) electrons.